The van der Waals surface area contributed by atoms with Crippen molar-refractivity contribution in [3.63, 3.8) is 0 Å². The smallest absolute Gasteiger partial charge is 0.149 e. The van der Waals surface area contributed by atoms with Crippen molar-refractivity contribution in [3.8, 4) is 11.3 Å². The van der Waals surface area contributed by atoms with E-state index in [1.165, 1.54) is 11.3 Å². The van der Waals surface area contributed by atoms with Crippen molar-refractivity contribution in [2.24, 2.45) is 0 Å². The molecule has 0 aliphatic rings. The Kier molecular flexibility index (Phi) is 1.93. The molecule has 74 valence electrons. The van der Waals surface area contributed by atoms with Gasteiger partial charge in [0.25, 0.3) is 0 Å². The van der Waals surface area contributed by atoms with Crippen LogP contribution in [0.2, 0.25) is 5.15 Å². The number of thiazole rings is 1. The second-order valence-corrected chi connectivity index (χ2v) is 4.20. The van der Waals surface area contributed by atoms with Crippen LogP contribution in [-0.2, 0) is 0 Å². The summed E-state index contributed by atoms with van der Waals surface area (Å²) >= 11 is 7.54. The maximum absolute atomic E-state index is 6.05. The molecule has 0 radical (unpaired) electrons. The van der Waals surface area contributed by atoms with E-state index in [2.05, 4.69) is 20.2 Å². The van der Waals surface area contributed by atoms with Gasteiger partial charge in [0.2, 0.25) is 0 Å². The lowest BCUT2D eigenvalue weighted by atomic mass is 10.2. The van der Waals surface area contributed by atoms with Gasteiger partial charge in [-0.3, -0.25) is 5.10 Å². The third-order valence-electron chi connectivity index (χ3n) is 2.07. The summed E-state index contributed by atoms with van der Waals surface area (Å²) in [6.45, 7) is 0. The molecule has 0 saturated heterocycles. The predicted octanol–water partition coefficient (Wildman–Crippen LogP) is 2.73. The van der Waals surface area contributed by atoms with E-state index in [9.17, 15) is 0 Å². The molecule has 3 heterocycles. The molecule has 0 spiro atoms. The fraction of sp³-hybridized carbons (Fsp3) is 0. The van der Waals surface area contributed by atoms with E-state index in [4.69, 9.17) is 11.6 Å². The molecule has 0 fully saturated rings. The fourth-order valence-electron chi connectivity index (χ4n) is 1.37. The molecule has 0 bridgehead atoms. The van der Waals surface area contributed by atoms with E-state index >= 15 is 0 Å². The van der Waals surface area contributed by atoms with Crippen LogP contribution >= 0.6 is 22.9 Å². The first kappa shape index (κ1) is 8.82. The quantitative estimate of drug-likeness (QED) is 0.661. The highest BCUT2D eigenvalue weighted by molar-refractivity contribution is 7.17. The minimum Gasteiger partial charge on any atom is -0.285 e. The number of pyridine rings is 1. The average molecular weight is 237 g/mol. The number of aromatic amines is 1. The van der Waals surface area contributed by atoms with Gasteiger partial charge in [-0.15, -0.1) is 11.3 Å². The lowest BCUT2D eigenvalue weighted by molar-refractivity contribution is 1.09. The first-order valence-electron chi connectivity index (χ1n) is 4.23. The van der Waals surface area contributed by atoms with Crippen molar-refractivity contribution >= 4 is 33.2 Å². The Morgan fingerprint density at radius 1 is 1.40 bits per heavy atom. The standard InChI is InChI=1S/C9H5ClN4S/c10-9-8-7(11-4-15-8)1-6(14-9)5-2-12-13-3-5/h1-4H,(H,12,13). The van der Waals surface area contributed by atoms with Gasteiger partial charge in [0.05, 0.1) is 27.6 Å². The molecule has 0 amide bonds. The van der Waals surface area contributed by atoms with Crippen LogP contribution in [0.15, 0.2) is 24.0 Å². The summed E-state index contributed by atoms with van der Waals surface area (Å²) in [4.78, 5) is 8.51. The average Bonchev–Trinajstić information content (AvgIpc) is 2.88. The third kappa shape index (κ3) is 1.40. The summed E-state index contributed by atoms with van der Waals surface area (Å²) < 4.78 is 0.920. The maximum Gasteiger partial charge on any atom is 0.149 e. The van der Waals surface area contributed by atoms with Crippen LogP contribution in [0.3, 0.4) is 0 Å². The summed E-state index contributed by atoms with van der Waals surface area (Å²) in [7, 11) is 0. The van der Waals surface area contributed by atoms with Gasteiger partial charge in [-0.1, -0.05) is 11.6 Å². The van der Waals surface area contributed by atoms with Gasteiger partial charge in [0.15, 0.2) is 0 Å². The van der Waals surface area contributed by atoms with Crippen LogP contribution in [0.1, 0.15) is 0 Å². The Bertz CT molecular complexity index is 602. The normalized spacial score (nSPS) is 11.0. The lowest BCUT2D eigenvalue weighted by Crippen LogP contribution is -1.83. The zero-order valence-electron chi connectivity index (χ0n) is 7.44. The highest BCUT2D eigenvalue weighted by Crippen LogP contribution is 2.28. The number of rotatable bonds is 1. The van der Waals surface area contributed by atoms with Crippen molar-refractivity contribution < 1.29 is 0 Å². The Hall–Kier alpha value is -1.46. The van der Waals surface area contributed by atoms with Gasteiger partial charge in [-0.05, 0) is 6.07 Å². The summed E-state index contributed by atoms with van der Waals surface area (Å²) in [6.07, 6.45) is 3.48. The molecule has 1 N–H and O–H groups in total. The number of nitrogens with one attached hydrogen (secondary N) is 1. The first-order valence-corrected chi connectivity index (χ1v) is 5.49. The molecule has 3 aromatic heterocycles. The molecule has 4 nitrogen and oxygen atoms in total. The molecule has 3 rings (SSSR count). The maximum atomic E-state index is 6.05. The van der Waals surface area contributed by atoms with E-state index in [0.29, 0.717) is 5.15 Å². The third-order valence-corrected chi connectivity index (χ3v) is 3.30. The molecule has 0 unspecified atom stereocenters. The summed E-state index contributed by atoms with van der Waals surface area (Å²) in [5.74, 6) is 0. The molecule has 0 saturated carbocycles. The molecule has 0 aliphatic heterocycles. The predicted molar refractivity (Wildman–Crippen MR) is 60.0 cm³/mol. The van der Waals surface area contributed by atoms with E-state index < -0.39 is 0 Å². The number of H-pyrrole nitrogens is 1. The number of aromatic nitrogens is 4. The van der Waals surface area contributed by atoms with Crippen molar-refractivity contribution in [1.29, 1.82) is 0 Å². The van der Waals surface area contributed by atoms with E-state index in [1.807, 2.05) is 6.07 Å². The minimum absolute atomic E-state index is 0.492. The van der Waals surface area contributed by atoms with E-state index in [1.54, 1.807) is 17.9 Å². The molecule has 0 aromatic carbocycles. The SMILES string of the molecule is Clc1nc(-c2cn[nH]c2)cc2ncsc12. The summed E-state index contributed by atoms with van der Waals surface area (Å²) in [5.41, 5.74) is 4.33. The Morgan fingerprint density at radius 2 is 2.33 bits per heavy atom. The molecular formula is C9H5ClN4S. The summed E-state index contributed by atoms with van der Waals surface area (Å²) in [5, 5.41) is 7.10. The zero-order chi connectivity index (χ0) is 10.3. The fourth-order valence-corrected chi connectivity index (χ4v) is 2.34. The van der Waals surface area contributed by atoms with Crippen LogP contribution < -0.4 is 0 Å². The number of halogens is 1. The Balaban J connectivity index is 2.29. The van der Waals surface area contributed by atoms with E-state index in [-0.39, 0.29) is 0 Å². The number of hydrogen-bond acceptors (Lipinski definition) is 4. The highest BCUT2D eigenvalue weighted by Gasteiger charge is 2.08. The molecular weight excluding hydrogens is 232 g/mol. The zero-order valence-corrected chi connectivity index (χ0v) is 9.01. The van der Waals surface area contributed by atoms with Crippen molar-refractivity contribution in [2.75, 3.05) is 0 Å². The molecule has 15 heavy (non-hydrogen) atoms. The summed E-state index contributed by atoms with van der Waals surface area (Å²) in [6, 6.07) is 1.91. The molecule has 0 atom stereocenters. The number of hydrogen-bond donors (Lipinski definition) is 1. The largest absolute Gasteiger partial charge is 0.285 e. The van der Waals surface area contributed by atoms with Gasteiger partial charge in [-0.2, -0.15) is 5.10 Å². The van der Waals surface area contributed by atoms with Crippen LogP contribution in [0.4, 0.5) is 0 Å². The van der Waals surface area contributed by atoms with Crippen molar-refractivity contribution in [2.45, 2.75) is 0 Å². The Morgan fingerprint density at radius 3 is 3.13 bits per heavy atom. The topological polar surface area (TPSA) is 54.5 Å². The van der Waals surface area contributed by atoms with Gasteiger partial charge in [-0.25, -0.2) is 9.97 Å². The van der Waals surface area contributed by atoms with Gasteiger partial charge < -0.3 is 0 Å². The van der Waals surface area contributed by atoms with E-state index in [0.717, 1.165) is 21.5 Å². The molecule has 3 aromatic rings. The highest BCUT2D eigenvalue weighted by atomic mass is 35.5. The lowest BCUT2D eigenvalue weighted by Gasteiger charge is -1.97. The van der Waals surface area contributed by atoms with Crippen LogP contribution in [0, 0.1) is 0 Å². The number of nitrogens with zero attached hydrogens (tertiary/aromatic N) is 3. The minimum atomic E-state index is 0.492. The Labute approximate surface area is 94.0 Å². The van der Waals surface area contributed by atoms with Crippen LogP contribution in [-0.4, -0.2) is 20.2 Å². The van der Waals surface area contributed by atoms with Gasteiger partial charge >= 0.3 is 0 Å². The molecule has 0 aliphatic carbocycles. The van der Waals surface area contributed by atoms with Crippen LogP contribution in [0.5, 0.6) is 0 Å². The van der Waals surface area contributed by atoms with Crippen molar-refractivity contribution in [3.05, 3.63) is 29.1 Å². The second-order valence-electron chi connectivity index (χ2n) is 2.99. The molecule has 6 heteroatoms. The number of fused-ring (bicyclic) bond motifs is 1. The van der Waals surface area contributed by atoms with Crippen LogP contribution in [0.25, 0.3) is 21.5 Å². The van der Waals surface area contributed by atoms with Crippen molar-refractivity contribution in [1.82, 2.24) is 20.2 Å². The van der Waals surface area contributed by atoms with Gasteiger partial charge in [0, 0.05) is 11.8 Å². The van der Waals surface area contributed by atoms with Gasteiger partial charge in [0.1, 0.15) is 5.15 Å². The first-order chi connectivity index (χ1) is 7.34. The monoisotopic (exact) mass is 236 g/mol. The second kappa shape index (κ2) is 3.29.